The van der Waals surface area contributed by atoms with E-state index >= 15 is 0 Å². The average Bonchev–Trinajstić information content (AvgIpc) is 4.03. The van der Waals surface area contributed by atoms with E-state index in [2.05, 4.69) is 21.3 Å². The van der Waals surface area contributed by atoms with Crippen molar-refractivity contribution in [3.05, 3.63) is 89.5 Å². The molecule has 2 amide bonds. The van der Waals surface area contributed by atoms with E-state index in [1.807, 2.05) is 66.7 Å². The molecule has 58 heavy (non-hydrogen) atoms. The zero-order valence-corrected chi connectivity index (χ0v) is 32.9. The number of urea groups is 1. The number of nitrogens with zero attached hydrogens (tertiary/aromatic N) is 1. The Morgan fingerprint density at radius 1 is 0.603 bits per heavy atom. The van der Waals surface area contributed by atoms with Gasteiger partial charge < -0.3 is 51.0 Å². The van der Waals surface area contributed by atoms with Crippen LogP contribution in [0.25, 0.3) is 0 Å². The second kappa shape index (κ2) is 21.0. The molecule has 6 atom stereocenters. The second-order valence-corrected chi connectivity index (χ2v) is 15.8. The number of aliphatic carboxylic acids is 3. The van der Waals surface area contributed by atoms with Crippen molar-refractivity contribution < 1.29 is 44.0 Å². The number of hydrogen-bond acceptors (Lipinski definition) is 9. The fourth-order valence-corrected chi connectivity index (χ4v) is 8.56. The number of ether oxygens (including phenoxy) is 2. The van der Waals surface area contributed by atoms with Crippen molar-refractivity contribution >= 4 is 29.6 Å². The van der Waals surface area contributed by atoms with Crippen molar-refractivity contribution in [3.63, 3.8) is 0 Å². The lowest BCUT2D eigenvalue weighted by atomic mass is 9.86. The van der Waals surface area contributed by atoms with E-state index in [1.54, 1.807) is 11.0 Å². The van der Waals surface area contributed by atoms with Crippen LogP contribution in [0, 0.1) is 35.5 Å². The van der Waals surface area contributed by atoms with Gasteiger partial charge >= 0.3 is 23.9 Å². The molecule has 6 rings (SSSR count). The third-order valence-corrected chi connectivity index (χ3v) is 11.8. The van der Waals surface area contributed by atoms with Gasteiger partial charge in [0.05, 0.1) is 30.8 Å². The van der Waals surface area contributed by atoms with Crippen LogP contribution in [0.4, 0.5) is 10.5 Å². The minimum atomic E-state index is -0.828. The summed E-state index contributed by atoms with van der Waals surface area (Å²) in [6.45, 7) is 5.21. The van der Waals surface area contributed by atoms with E-state index in [0.717, 1.165) is 55.6 Å². The van der Waals surface area contributed by atoms with Gasteiger partial charge in [0.15, 0.2) is 0 Å². The third kappa shape index (κ3) is 12.2. The van der Waals surface area contributed by atoms with Crippen LogP contribution < -0.4 is 30.7 Å². The Morgan fingerprint density at radius 3 is 1.38 bits per heavy atom. The molecule has 0 bridgehead atoms. The van der Waals surface area contributed by atoms with Gasteiger partial charge in [0.2, 0.25) is 0 Å². The molecule has 0 aliphatic carbocycles. The summed E-state index contributed by atoms with van der Waals surface area (Å²) < 4.78 is 12.2. The Balaban J connectivity index is 1.10. The van der Waals surface area contributed by atoms with E-state index in [4.69, 9.17) is 9.47 Å². The Morgan fingerprint density at radius 2 is 1.00 bits per heavy atom. The van der Waals surface area contributed by atoms with Crippen LogP contribution in [0.1, 0.15) is 36.0 Å². The second-order valence-electron chi connectivity index (χ2n) is 15.8. The van der Waals surface area contributed by atoms with Crippen LogP contribution in [-0.4, -0.2) is 110 Å². The highest BCUT2D eigenvalue weighted by molar-refractivity contribution is 5.89. The molecule has 0 radical (unpaired) electrons. The quantitative estimate of drug-likeness (QED) is 0.0811. The van der Waals surface area contributed by atoms with E-state index in [9.17, 15) is 34.5 Å². The van der Waals surface area contributed by atoms with Gasteiger partial charge in [0, 0.05) is 5.69 Å². The van der Waals surface area contributed by atoms with Crippen LogP contribution in [0.5, 0.6) is 11.5 Å². The van der Waals surface area contributed by atoms with Crippen LogP contribution in [0.2, 0.25) is 0 Å². The van der Waals surface area contributed by atoms with Crippen molar-refractivity contribution in [3.8, 4) is 11.5 Å². The molecule has 3 saturated heterocycles. The molecule has 0 aromatic heterocycles. The van der Waals surface area contributed by atoms with Gasteiger partial charge in [-0.05, 0) is 149 Å². The fourth-order valence-electron chi connectivity index (χ4n) is 8.56. The number of carbonyl (C=O) groups excluding carboxylic acids is 1. The zero-order chi connectivity index (χ0) is 40.9. The van der Waals surface area contributed by atoms with E-state index in [0.29, 0.717) is 56.1 Å². The highest BCUT2D eigenvalue weighted by atomic mass is 16.5. The van der Waals surface area contributed by atoms with Crippen LogP contribution in [0.15, 0.2) is 72.8 Å². The summed E-state index contributed by atoms with van der Waals surface area (Å²) in [6.07, 6.45) is 3.60. The summed E-state index contributed by atoms with van der Waals surface area (Å²) in [5.41, 5.74) is 3.09. The van der Waals surface area contributed by atoms with Crippen molar-refractivity contribution in [1.82, 2.24) is 20.9 Å². The minimum Gasteiger partial charge on any atom is -0.492 e. The molecular weight excluding hydrogens is 743 g/mol. The standard InChI is InChI=1S/C44H57N5O9/c50-41(51)38(32-10-13-45-26-32)23-29-4-1-7-35(20-29)48-44(56)49(16-18-57-36-8-2-5-30(21-36)24-39(42(52)53)33-11-14-46-27-33)17-19-58-37-9-3-6-31(22-37)25-40(43(54)55)34-12-15-47-28-34/h1-9,20-22,32-34,38-40,45-47H,10-19,23-28H2,(H,48,56)(H,50,51)(H,52,53)(H,54,55)/t32-,33-,34-,38-,39-,40-/m0/s1. The summed E-state index contributed by atoms with van der Waals surface area (Å²) >= 11 is 0. The maximum atomic E-state index is 13.9. The predicted octanol–water partition coefficient (Wildman–Crippen LogP) is 4.24. The summed E-state index contributed by atoms with van der Waals surface area (Å²) in [4.78, 5) is 51.8. The number of nitrogens with one attached hydrogen (secondary N) is 4. The molecule has 7 N–H and O–H groups in total. The smallest absolute Gasteiger partial charge is 0.322 e. The van der Waals surface area contributed by atoms with Crippen LogP contribution >= 0.6 is 0 Å². The Hall–Kier alpha value is -5.18. The normalized spacial score (nSPS) is 20.5. The van der Waals surface area contributed by atoms with Crippen LogP contribution in [-0.2, 0) is 33.6 Å². The highest BCUT2D eigenvalue weighted by Crippen LogP contribution is 2.28. The SMILES string of the molecule is O=C(O)[C@@H](Cc1cccc(NC(=O)N(CCOc2cccc(C[C@H](C(=O)O)[C@H]3CCNC3)c2)CCOc2cccc(C[C@H](C(=O)O)[C@H]3CCNC3)c2)c1)[C@H]1CCNC1. The molecule has 3 aliphatic heterocycles. The maximum Gasteiger partial charge on any atom is 0.322 e. The van der Waals surface area contributed by atoms with Crippen molar-refractivity contribution in [2.75, 3.05) is 70.9 Å². The molecule has 312 valence electrons. The first kappa shape index (κ1) is 42.4. The number of hydrogen-bond donors (Lipinski definition) is 7. The molecule has 0 unspecified atom stereocenters. The third-order valence-electron chi connectivity index (χ3n) is 11.8. The molecule has 14 nitrogen and oxygen atoms in total. The Labute approximate surface area is 339 Å². The summed E-state index contributed by atoms with van der Waals surface area (Å²) in [5.74, 6) is -2.64. The van der Waals surface area contributed by atoms with Gasteiger partial charge in [-0.1, -0.05) is 36.4 Å². The van der Waals surface area contributed by atoms with Crippen molar-refractivity contribution in [1.29, 1.82) is 0 Å². The molecule has 3 aromatic rings. The lowest BCUT2D eigenvalue weighted by Crippen LogP contribution is -2.40. The van der Waals surface area contributed by atoms with Crippen LogP contribution in [0.3, 0.4) is 0 Å². The number of amides is 2. The monoisotopic (exact) mass is 799 g/mol. The van der Waals surface area contributed by atoms with Crippen molar-refractivity contribution in [2.24, 2.45) is 35.5 Å². The summed E-state index contributed by atoms with van der Waals surface area (Å²) in [6, 6.07) is 21.7. The number of benzene rings is 3. The van der Waals surface area contributed by atoms with E-state index < -0.39 is 35.7 Å². The molecule has 3 aliphatic rings. The van der Waals surface area contributed by atoms with Crippen molar-refractivity contribution in [2.45, 2.75) is 38.5 Å². The van der Waals surface area contributed by atoms with Gasteiger partial charge in [-0.2, -0.15) is 0 Å². The number of carboxylic acid groups (broad SMARTS) is 3. The number of carbonyl (C=O) groups is 4. The highest BCUT2D eigenvalue weighted by Gasteiger charge is 2.33. The van der Waals surface area contributed by atoms with Gasteiger partial charge in [-0.25, -0.2) is 4.79 Å². The largest absolute Gasteiger partial charge is 0.492 e. The summed E-state index contributed by atoms with van der Waals surface area (Å²) in [7, 11) is 0. The first-order valence-electron chi connectivity index (χ1n) is 20.5. The maximum absolute atomic E-state index is 13.9. The summed E-state index contributed by atoms with van der Waals surface area (Å²) in [5, 5.41) is 42.6. The zero-order valence-electron chi connectivity index (χ0n) is 32.9. The van der Waals surface area contributed by atoms with E-state index in [-0.39, 0.29) is 50.1 Å². The molecule has 3 fully saturated rings. The van der Waals surface area contributed by atoms with Gasteiger partial charge in [0.25, 0.3) is 0 Å². The number of rotatable bonds is 21. The Bertz CT molecular complexity index is 1760. The first-order valence-corrected chi connectivity index (χ1v) is 20.5. The first-order chi connectivity index (χ1) is 28.1. The molecule has 14 heteroatoms. The predicted molar refractivity (Wildman–Crippen MR) is 218 cm³/mol. The number of carboxylic acids is 3. The fraction of sp³-hybridized carbons (Fsp3) is 0.500. The molecule has 3 heterocycles. The number of anilines is 1. The lowest BCUT2D eigenvalue weighted by Gasteiger charge is -2.24. The van der Waals surface area contributed by atoms with Gasteiger partial charge in [0.1, 0.15) is 24.7 Å². The molecular formula is C44H57N5O9. The molecule has 3 aromatic carbocycles. The molecule has 0 spiro atoms. The Kier molecular flexibility index (Phi) is 15.4. The lowest BCUT2D eigenvalue weighted by molar-refractivity contribution is -0.144. The minimum absolute atomic E-state index is 0.0408. The molecule has 0 saturated carbocycles. The van der Waals surface area contributed by atoms with Gasteiger partial charge in [-0.15, -0.1) is 0 Å². The van der Waals surface area contributed by atoms with Gasteiger partial charge in [-0.3, -0.25) is 14.4 Å². The topological polar surface area (TPSA) is 199 Å². The van der Waals surface area contributed by atoms with E-state index in [1.165, 1.54) is 0 Å². The average molecular weight is 800 g/mol.